The fourth-order valence-electron chi connectivity index (χ4n) is 1.89. The summed E-state index contributed by atoms with van der Waals surface area (Å²) >= 11 is 0. The molecular weight excluding hydrogens is 266 g/mol. The number of ether oxygens (including phenoxy) is 2. The van der Waals surface area contributed by atoms with Crippen LogP contribution in [-0.4, -0.2) is 44.0 Å². The highest BCUT2D eigenvalue weighted by Crippen LogP contribution is 2.11. The summed E-state index contributed by atoms with van der Waals surface area (Å²) < 4.78 is 9.25. The fourth-order valence-corrected chi connectivity index (χ4v) is 1.89. The summed E-state index contributed by atoms with van der Waals surface area (Å²) in [5, 5.41) is 7.82. The minimum absolute atomic E-state index is 0.107. The summed E-state index contributed by atoms with van der Waals surface area (Å²) in [7, 11) is 1.42. The van der Waals surface area contributed by atoms with Gasteiger partial charge in [-0.15, -0.1) is 0 Å². The van der Waals surface area contributed by atoms with Crippen LogP contribution in [0.4, 0.5) is 9.59 Å². The first kappa shape index (κ1) is 16.1. The number of alkyl carbamates (subject to hydrolysis) is 1. The Balaban J connectivity index is 2.02. The Morgan fingerprint density at radius 2 is 2.00 bits per heavy atom. The third-order valence-corrected chi connectivity index (χ3v) is 3.04. The predicted octanol–water partition coefficient (Wildman–Crippen LogP) is 0.473. The number of rotatable bonds is 7. The molecule has 3 N–H and O–H groups in total. The van der Waals surface area contributed by atoms with E-state index in [-0.39, 0.29) is 31.3 Å². The average molecular weight is 287 g/mol. The van der Waals surface area contributed by atoms with Crippen LogP contribution in [0.2, 0.25) is 0 Å². The van der Waals surface area contributed by atoms with E-state index in [1.165, 1.54) is 7.05 Å². The minimum Gasteiger partial charge on any atom is -0.428 e. The van der Waals surface area contributed by atoms with E-state index in [1.54, 1.807) is 0 Å². The summed E-state index contributed by atoms with van der Waals surface area (Å²) in [4.78, 5) is 33.1. The average Bonchev–Trinajstić information content (AvgIpc) is 2.73. The third kappa shape index (κ3) is 5.77. The number of esters is 1. The first-order chi connectivity index (χ1) is 9.52. The van der Waals surface area contributed by atoms with Crippen LogP contribution in [0.1, 0.15) is 32.6 Å². The summed E-state index contributed by atoms with van der Waals surface area (Å²) in [6.45, 7) is 1.56. The number of carbonyl (C=O) groups excluding carboxylic acids is 3. The van der Waals surface area contributed by atoms with Gasteiger partial charge in [-0.2, -0.15) is 0 Å². The van der Waals surface area contributed by atoms with E-state index in [9.17, 15) is 14.4 Å². The molecule has 1 aliphatic rings. The number of hydrogen-bond acceptors (Lipinski definition) is 5. The van der Waals surface area contributed by atoms with Gasteiger partial charge in [0.05, 0.1) is 6.04 Å². The highest BCUT2D eigenvalue weighted by molar-refractivity contribution is 5.77. The van der Waals surface area contributed by atoms with E-state index in [2.05, 4.69) is 20.7 Å². The Labute approximate surface area is 117 Å². The number of hydrogen-bond donors (Lipinski definition) is 3. The molecule has 0 bridgehead atoms. The Hall–Kier alpha value is -1.99. The van der Waals surface area contributed by atoms with Gasteiger partial charge in [0.15, 0.2) is 0 Å². The zero-order chi connectivity index (χ0) is 15.0. The van der Waals surface area contributed by atoms with Crippen LogP contribution in [0.15, 0.2) is 0 Å². The molecule has 8 heteroatoms. The van der Waals surface area contributed by atoms with Gasteiger partial charge in [-0.25, -0.2) is 9.59 Å². The van der Waals surface area contributed by atoms with Crippen molar-refractivity contribution < 1.29 is 23.9 Å². The van der Waals surface area contributed by atoms with E-state index in [0.717, 1.165) is 12.8 Å². The Morgan fingerprint density at radius 3 is 2.60 bits per heavy atom. The number of nitrogens with one attached hydrogen (secondary N) is 3. The topological polar surface area (TPSA) is 106 Å². The molecule has 3 amide bonds. The maximum Gasteiger partial charge on any atom is 0.409 e. The van der Waals surface area contributed by atoms with Crippen molar-refractivity contribution in [3.05, 3.63) is 0 Å². The van der Waals surface area contributed by atoms with Crippen molar-refractivity contribution in [2.45, 2.75) is 44.7 Å². The molecule has 1 fully saturated rings. The smallest absolute Gasteiger partial charge is 0.409 e. The highest BCUT2D eigenvalue weighted by Gasteiger charge is 2.26. The van der Waals surface area contributed by atoms with Crippen LogP contribution in [-0.2, 0) is 14.3 Å². The molecule has 2 atom stereocenters. The third-order valence-electron chi connectivity index (χ3n) is 3.04. The lowest BCUT2D eigenvalue weighted by molar-refractivity contribution is -0.151. The molecule has 8 nitrogen and oxygen atoms in total. The van der Waals surface area contributed by atoms with Gasteiger partial charge in [0.1, 0.15) is 0 Å². The van der Waals surface area contributed by atoms with Crippen LogP contribution in [0.5, 0.6) is 0 Å². The lowest BCUT2D eigenvalue weighted by Crippen LogP contribution is -2.30. The van der Waals surface area contributed by atoms with Gasteiger partial charge in [0, 0.05) is 19.5 Å². The van der Waals surface area contributed by atoms with Gasteiger partial charge in [0.25, 0.3) is 0 Å². The van der Waals surface area contributed by atoms with Gasteiger partial charge in [-0.05, 0) is 19.8 Å². The monoisotopic (exact) mass is 287 g/mol. The van der Waals surface area contributed by atoms with Crippen molar-refractivity contribution in [2.75, 3.05) is 13.8 Å². The molecule has 1 saturated heterocycles. The standard InChI is InChI=1S/C12H21N3O5/c1-8-9(15-11(17)14-8)5-3-4-6-10(16)19-7-20-12(18)13-2/h8-9H,3-7H2,1-2H3,(H,13,18)(H2,14,15,17). The SMILES string of the molecule is CNC(=O)OCOC(=O)CCCCC1NC(=O)NC1C. The zero-order valence-corrected chi connectivity index (χ0v) is 11.7. The Morgan fingerprint density at radius 1 is 1.25 bits per heavy atom. The van der Waals surface area contributed by atoms with Gasteiger partial charge in [-0.1, -0.05) is 6.42 Å². The van der Waals surface area contributed by atoms with Crippen LogP contribution in [0.3, 0.4) is 0 Å². The maximum absolute atomic E-state index is 11.3. The van der Waals surface area contributed by atoms with Crippen molar-refractivity contribution in [3.63, 3.8) is 0 Å². The fraction of sp³-hybridized carbons (Fsp3) is 0.750. The van der Waals surface area contributed by atoms with Gasteiger partial charge < -0.3 is 25.4 Å². The molecule has 1 aliphatic heterocycles. The van der Waals surface area contributed by atoms with Crippen molar-refractivity contribution >= 4 is 18.1 Å². The molecule has 1 rings (SSSR count). The summed E-state index contributed by atoms with van der Waals surface area (Å²) in [6.07, 6.45) is 1.90. The lowest BCUT2D eigenvalue weighted by Gasteiger charge is -2.13. The molecule has 0 aromatic heterocycles. The molecule has 20 heavy (non-hydrogen) atoms. The van der Waals surface area contributed by atoms with E-state index in [1.807, 2.05) is 6.92 Å². The highest BCUT2D eigenvalue weighted by atomic mass is 16.7. The molecule has 0 spiro atoms. The number of urea groups is 1. The summed E-state index contributed by atoms with van der Waals surface area (Å²) in [6, 6.07) is 0.0683. The summed E-state index contributed by atoms with van der Waals surface area (Å²) in [5.41, 5.74) is 0. The van der Waals surface area contributed by atoms with Gasteiger partial charge in [-0.3, -0.25) is 4.79 Å². The second kappa shape index (κ2) is 8.23. The first-order valence-electron chi connectivity index (χ1n) is 6.60. The normalized spacial score (nSPS) is 20.8. The number of unbranched alkanes of at least 4 members (excludes halogenated alkanes) is 1. The molecule has 0 aromatic rings. The van der Waals surface area contributed by atoms with E-state index in [4.69, 9.17) is 4.74 Å². The zero-order valence-electron chi connectivity index (χ0n) is 11.7. The molecule has 1 heterocycles. The quantitative estimate of drug-likeness (QED) is 0.358. The van der Waals surface area contributed by atoms with Gasteiger partial charge in [0.2, 0.25) is 6.79 Å². The molecule has 0 radical (unpaired) electrons. The molecule has 114 valence electrons. The maximum atomic E-state index is 11.3. The van der Waals surface area contributed by atoms with E-state index in [0.29, 0.717) is 6.42 Å². The second-order valence-corrected chi connectivity index (χ2v) is 4.57. The second-order valence-electron chi connectivity index (χ2n) is 4.57. The van der Waals surface area contributed by atoms with Crippen LogP contribution in [0, 0.1) is 0 Å². The first-order valence-corrected chi connectivity index (χ1v) is 6.60. The van der Waals surface area contributed by atoms with Crippen molar-refractivity contribution in [1.29, 1.82) is 0 Å². The number of amides is 3. The largest absolute Gasteiger partial charge is 0.428 e. The molecule has 0 aliphatic carbocycles. The molecule has 0 aromatic carbocycles. The van der Waals surface area contributed by atoms with Crippen LogP contribution >= 0.6 is 0 Å². The minimum atomic E-state index is -0.642. The number of carbonyl (C=O) groups is 3. The predicted molar refractivity (Wildman–Crippen MR) is 69.9 cm³/mol. The molecule has 2 unspecified atom stereocenters. The molecular formula is C12H21N3O5. The lowest BCUT2D eigenvalue weighted by atomic mass is 10.0. The van der Waals surface area contributed by atoms with Gasteiger partial charge >= 0.3 is 18.1 Å². The van der Waals surface area contributed by atoms with E-state index < -0.39 is 12.1 Å². The van der Waals surface area contributed by atoms with Crippen LogP contribution in [0.25, 0.3) is 0 Å². The van der Waals surface area contributed by atoms with Crippen molar-refractivity contribution in [1.82, 2.24) is 16.0 Å². The van der Waals surface area contributed by atoms with Crippen molar-refractivity contribution in [2.24, 2.45) is 0 Å². The molecule has 0 saturated carbocycles. The van der Waals surface area contributed by atoms with Crippen molar-refractivity contribution in [3.8, 4) is 0 Å². The Bertz CT molecular complexity index is 361. The Kier molecular flexibility index (Phi) is 6.61. The summed E-state index contributed by atoms with van der Waals surface area (Å²) in [5.74, 6) is -0.407. The van der Waals surface area contributed by atoms with Crippen LogP contribution < -0.4 is 16.0 Å². The van der Waals surface area contributed by atoms with E-state index >= 15 is 0 Å².